The standard InChI is InChI=1S/C17H24Cl2N4O4S/c1-2-3-6-13(21-17(20)25)16(24)22-8-10-23(11-9-22)28(26,27)14-7-4-5-12(18)15(14)19/h4-5,7,13H,2-3,6,8-11H2,1H3,(H3,20,21,25). The lowest BCUT2D eigenvalue weighted by atomic mass is 10.1. The molecule has 1 heterocycles. The highest BCUT2D eigenvalue weighted by Crippen LogP contribution is 2.31. The van der Waals surface area contributed by atoms with Crippen LogP contribution in [0.2, 0.25) is 10.0 Å². The van der Waals surface area contributed by atoms with E-state index in [2.05, 4.69) is 5.32 Å². The fraction of sp³-hybridized carbons (Fsp3) is 0.529. The van der Waals surface area contributed by atoms with Crippen molar-refractivity contribution in [2.45, 2.75) is 37.1 Å². The van der Waals surface area contributed by atoms with Crippen LogP contribution < -0.4 is 11.1 Å². The molecule has 156 valence electrons. The largest absolute Gasteiger partial charge is 0.352 e. The van der Waals surface area contributed by atoms with Crippen molar-refractivity contribution in [3.8, 4) is 0 Å². The van der Waals surface area contributed by atoms with Gasteiger partial charge in [-0.3, -0.25) is 4.79 Å². The zero-order valence-electron chi connectivity index (χ0n) is 15.5. The molecule has 8 nitrogen and oxygen atoms in total. The van der Waals surface area contributed by atoms with Crippen molar-refractivity contribution in [3.63, 3.8) is 0 Å². The predicted molar refractivity (Wildman–Crippen MR) is 108 cm³/mol. The van der Waals surface area contributed by atoms with Gasteiger partial charge in [0.15, 0.2) is 0 Å². The first-order chi connectivity index (χ1) is 13.2. The van der Waals surface area contributed by atoms with Gasteiger partial charge in [0.1, 0.15) is 10.9 Å². The van der Waals surface area contributed by atoms with Crippen molar-refractivity contribution in [2.24, 2.45) is 5.73 Å². The number of carbonyl (C=O) groups excluding carboxylic acids is 2. The van der Waals surface area contributed by atoms with E-state index in [9.17, 15) is 18.0 Å². The van der Waals surface area contributed by atoms with E-state index in [1.165, 1.54) is 22.5 Å². The molecule has 3 N–H and O–H groups in total. The number of piperazine rings is 1. The number of hydrogen-bond donors (Lipinski definition) is 2. The van der Waals surface area contributed by atoms with Crippen LogP contribution in [0.15, 0.2) is 23.1 Å². The molecule has 0 saturated carbocycles. The van der Waals surface area contributed by atoms with Gasteiger partial charge in [-0.1, -0.05) is 49.0 Å². The fourth-order valence-corrected chi connectivity index (χ4v) is 5.19. The normalized spacial score (nSPS) is 16.6. The molecule has 0 spiro atoms. The second-order valence-electron chi connectivity index (χ2n) is 6.48. The highest BCUT2D eigenvalue weighted by atomic mass is 35.5. The van der Waals surface area contributed by atoms with Gasteiger partial charge >= 0.3 is 6.03 Å². The third-order valence-electron chi connectivity index (χ3n) is 4.55. The number of nitrogens with two attached hydrogens (primary N) is 1. The van der Waals surface area contributed by atoms with Gasteiger partial charge in [0.2, 0.25) is 15.9 Å². The van der Waals surface area contributed by atoms with Gasteiger partial charge in [0.25, 0.3) is 0 Å². The summed E-state index contributed by atoms with van der Waals surface area (Å²) in [5, 5.41) is 2.62. The lowest BCUT2D eigenvalue weighted by molar-refractivity contribution is -0.134. The van der Waals surface area contributed by atoms with E-state index in [1.54, 1.807) is 4.90 Å². The average Bonchev–Trinajstić information content (AvgIpc) is 2.66. The number of benzene rings is 1. The Morgan fingerprint density at radius 1 is 1.21 bits per heavy atom. The van der Waals surface area contributed by atoms with E-state index < -0.39 is 22.1 Å². The first-order valence-corrected chi connectivity index (χ1v) is 11.2. The molecule has 0 radical (unpaired) electrons. The molecule has 1 aromatic carbocycles. The Bertz CT molecular complexity index is 826. The molecule has 1 aromatic rings. The maximum absolute atomic E-state index is 12.9. The molecule has 0 aromatic heterocycles. The van der Waals surface area contributed by atoms with Crippen LogP contribution in [0.25, 0.3) is 0 Å². The quantitative estimate of drug-likeness (QED) is 0.661. The molecule has 1 fully saturated rings. The second-order valence-corrected chi connectivity index (χ2v) is 9.18. The summed E-state index contributed by atoms with van der Waals surface area (Å²) in [6, 6.07) is 2.98. The molecule has 1 aliphatic rings. The summed E-state index contributed by atoms with van der Waals surface area (Å²) in [5.74, 6) is -0.259. The zero-order chi connectivity index (χ0) is 20.9. The van der Waals surface area contributed by atoms with Crippen LogP contribution >= 0.6 is 23.2 Å². The zero-order valence-corrected chi connectivity index (χ0v) is 17.9. The van der Waals surface area contributed by atoms with Crippen LogP contribution in [-0.2, 0) is 14.8 Å². The number of unbranched alkanes of at least 4 members (excludes halogenated alkanes) is 1. The van der Waals surface area contributed by atoms with E-state index >= 15 is 0 Å². The molecular formula is C17H24Cl2N4O4S. The number of nitrogens with zero attached hydrogens (tertiary/aromatic N) is 2. The number of halogens is 2. The SMILES string of the molecule is CCCCC(NC(N)=O)C(=O)N1CCN(S(=O)(=O)c2cccc(Cl)c2Cl)CC1. The van der Waals surface area contributed by atoms with E-state index in [0.29, 0.717) is 6.42 Å². The predicted octanol–water partition coefficient (Wildman–Crippen LogP) is 2.05. The summed E-state index contributed by atoms with van der Waals surface area (Å²) in [6.45, 7) is 2.64. The van der Waals surface area contributed by atoms with Crippen LogP contribution in [0, 0.1) is 0 Å². The number of amides is 3. The van der Waals surface area contributed by atoms with Crippen molar-refractivity contribution in [1.82, 2.24) is 14.5 Å². The van der Waals surface area contributed by atoms with Gasteiger partial charge in [-0.15, -0.1) is 0 Å². The first-order valence-electron chi connectivity index (χ1n) is 8.97. The third kappa shape index (κ3) is 5.28. The van der Waals surface area contributed by atoms with E-state index in [-0.39, 0.29) is 47.0 Å². The monoisotopic (exact) mass is 450 g/mol. The third-order valence-corrected chi connectivity index (χ3v) is 7.42. The van der Waals surface area contributed by atoms with Crippen LogP contribution in [0.5, 0.6) is 0 Å². The van der Waals surface area contributed by atoms with Crippen LogP contribution in [-0.4, -0.2) is 61.8 Å². The van der Waals surface area contributed by atoms with Gasteiger partial charge in [-0.05, 0) is 18.6 Å². The number of sulfonamides is 1. The van der Waals surface area contributed by atoms with Gasteiger partial charge in [-0.2, -0.15) is 4.31 Å². The van der Waals surface area contributed by atoms with Crippen LogP contribution in [0.4, 0.5) is 4.79 Å². The molecule has 11 heteroatoms. The average molecular weight is 451 g/mol. The van der Waals surface area contributed by atoms with Gasteiger partial charge in [-0.25, -0.2) is 13.2 Å². The molecular weight excluding hydrogens is 427 g/mol. The molecule has 0 bridgehead atoms. The Balaban J connectivity index is 2.07. The Labute approximate surface area is 175 Å². The maximum Gasteiger partial charge on any atom is 0.312 e. The van der Waals surface area contributed by atoms with Crippen molar-refractivity contribution in [3.05, 3.63) is 28.2 Å². The Hall–Kier alpha value is -1.55. The van der Waals surface area contributed by atoms with Crippen molar-refractivity contribution in [2.75, 3.05) is 26.2 Å². The second kappa shape index (κ2) is 9.78. The summed E-state index contributed by atoms with van der Waals surface area (Å²) in [6.07, 6.45) is 2.11. The molecule has 1 aliphatic heterocycles. The van der Waals surface area contributed by atoms with Crippen molar-refractivity contribution < 1.29 is 18.0 Å². The summed E-state index contributed by atoms with van der Waals surface area (Å²) in [5.41, 5.74) is 5.17. The smallest absolute Gasteiger partial charge is 0.312 e. The first kappa shape index (κ1) is 22.7. The minimum Gasteiger partial charge on any atom is -0.352 e. The highest BCUT2D eigenvalue weighted by molar-refractivity contribution is 7.89. The summed E-state index contributed by atoms with van der Waals surface area (Å²) in [7, 11) is -3.83. The van der Waals surface area contributed by atoms with Gasteiger partial charge < -0.3 is 16.0 Å². The molecule has 1 atom stereocenters. The molecule has 3 amide bonds. The highest BCUT2D eigenvalue weighted by Gasteiger charge is 2.33. The molecule has 1 unspecified atom stereocenters. The number of urea groups is 1. The summed E-state index contributed by atoms with van der Waals surface area (Å²) < 4.78 is 27.0. The van der Waals surface area contributed by atoms with Gasteiger partial charge in [0.05, 0.1) is 10.0 Å². The molecule has 28 heavy (non-hydrogen) atoms. The maximum atomic E-state index is 12.9. The lowest BCUT2D eigenvalue weighted by Crippen LogP contribution is -2.56. The minimum atomic E-state index is -3.83. The van der Waals surface area contributed by atoms with Crippen molar-refractivity contribution >= 4 is 45.2 Å². The molecule has 1 saturated heterocycles. The number of primary amides is 1. The Kier molecular flexibility index (Phi) is 7.94. The minimum absolute atomic E-state index is 0.0204. The Morgan fingerprint density at radius 3 is 2.43 bits per heavy atom. The number of hydrogen-bond acceptors (Lipinski definition) is 4. The Morgan fingerprint density at radius 2 is 1.86 bits per heavy atom. The van der Waals surface area contributed by atoms with Crippen LogP contribution in [0.1, 0.15) is 26.2 Å². The van der Waals surface area contributed by atoms with E-state index in [0.717, 1.165) is 12.8 Å². The fourth-order valence-electron chi connectivity index (χ4n) is 3.03. The molecule has 2 rings (SSSR count). The van der Waals surface area contributed by atoms with Gasteiger partial charge in [0, 0.05) is 26.2 Å². The lowest BCUT2D eigenvalue weighted by Gasteiger charge is -2.36. The number of carbonyl (C=O) groups is 2. The summed E-state index contributed by atoms with van der Waals surface area (Å²) >= 11 is 12.0. The van der Waals surface area contributed by atoms with E-state index in [1.807, 2.05) is 6.92 Å². The summed E-state index contributed by atoms with van der Waals surface area (Å²) in [4.78, 5) is 25.4. The topological polar surface area (TPSA) is 113 Å². The van der Waals surface area contributed by atoms with Crippen molar-refractivity contribution in [1.29, 1.82) is 0 Å². The van der Waals surface area contributed by atoms with Crippen LogP contribution in [0.3, 0.4) is 0 Å². The number of nitrogens with one attached hydrogen (secondary N) is 1. The molecule has 0 aliphatic carbocycles. The number of rotatable bonds is 7. The van der Waals surface area contributed by atoms with E-state index in [4.69, 9.17) is 28.9 Å².